The molecule has 108 valence electrons. The van der Waals surface area contributed by atoms with Crippen LogP contribution in [0.3, 0.4) is 0 Å². The Hall–Kier alpha value is -0.720. The average Bonchev–Trinajstić information content (AvgIpc) is 2.41. The van der Waals surface area contributed by atoms with Gasteiger partial charge in [-0.1, -0.05) is 18.5 Å². The monoisotopic (exact) mass is 304 g/mol. The number of nitrogens with one attached hydrogen (secondary N) is 2. The average molecular weight is 305 g/mol. The van der Waals surface area contributed by atoms with Crippen molar-refractivity contribution in [2.45, 2.75) is 24.7 Å². The maximum absolute atomic E-state index is 6.18. The standard InChI is InChI=1S/C12H21ClN4OS/c1-4-6-14-11-9(19-3)10(13)16-12(17-11)15-7-5-8-18-2/h4-8H2,1-3H3,(H2,14,15,16,17). The summed E-state index contributed by atoms with van der Waals surface area (Å²) in [6.45, 7) is 4.45. The topological polar surface area (TPSA) is 59.1 Å². The molecule has 1 aromatic rings. The smallest absolute Gasteiger partial charge is 0.226 e. The van der Waals surface area contributed by atoms with Crippen LogP contribution in [0.5, 0.6) is 0 Å². The second kappa shape index (κ2) is 9.23. The van der Waals surface area contributed by atoms with Crippen LogP contribution >= 0.6 is 23.4 Å². The highest BCUT2D eigenvalue weighted by atomic mass is 35.5. The van der Waals surface area contributed by atoms with E-state index in [4.69, 9.17) is 16.3 Å². The lowest BCUT2D eigenvalue weighted by Gasteiger charge is -2.12. The fourth-order valence-corrected chi connectivity index (χ4v) is 2.39. The van der Waals surface area contributed by atoms with E-state index in [2.05, 4.69) is 27.5 Å². The summed E-state index contributed by atoms with van der Waals surface area (Å²) in [7, 11) is 1.69. The minimum absolute atomic E-state index is 0.482. The fraction of sp³-hybridized carbons (Fsp3) is 0.667. The van der Waals surface area contributed by atoms with Crippen LogP contribution in [0, 0.1) is 0 Å². The molecule has 0 saturated heterocycles. The molecule has 0 aliphatic rings. The molecule has 0 fully saturated rings. The Bertz CT molecular complexity index is 392. The molecule has 19 heavy (non-hydrogen) atoms. The quantitative estimate of drug-likeness (QED) is 0.415. The summed E-state index contributed by atoms with van der Waals surface area (Å²) in [5.41, 5.74) is 0. The van der Waals surface area contributed by atoms with Gasteiger partial charge in [0.05, 0.1) is 4.90 Å². The second-order valence-electron chi connectivity index (χ2n) is 3.92. The van der Waals surface area contributed by atoms with Gasteiger partial charge in [-0.05, 0) is 19.1 Å². The molecule has 0 unspecified atom stereocenters. The van der Waals surface area contributed by atoms with Gasteiger partial charge < -0.3 is 15.4 Å². The number of hydrogen-bond acceptors (Lipinski definition) is 6. The number of nitrogens with zero attached hydrogens (tertiary/aromatic N) is 2. The largest absolute Gasteiger partial charge is 0.385 e. The van der Waals surface area contributed by atoms with Crippen molar-refractivity contribution >= 4 is 35.1 Å². The van der Waals surface area contributed by atoms with Gasteiger partial charge in [0, 0.05) is 26.8 Å². The number of rotatable bonds is 9. The van der Waals surface area contributed by atoms with Crippen LogP contribution in [0.15, 0.2) is 4.90 Å². The summed E-state index contributed by atoms with van der Waals surface area (Å²) in [5, 5.41) is 6.91. The van der Waals surface area contributed by atoms with Crippen molar-refractivity contribution < 1.29 is 4.74 Å². The molecule has 0 spiro atoms. The van der Waals surface area contributed by atoms with Crippen molar-refractivity contribution in [3.05, 3.63) is 5.15 Å². The van der Waals surface area contributed by atoms with Crippen LogP contribution in [-0.2, 0) is 4.74 Å². The summed E-state index contributed by atoms with van der Waals surface area (Å²) >= 11 is 7.72. The highest BCUT2D eigenvalue weighted by Gasteiger charge is 2.11. The summed E-state index contributed by atoms with van der Waals surface area (Å²) in [5.74, 6) is 1.35. The van der Waals surface area contributed by atoms with Gasteiger partial charge in [-0.15, -0.1) is 11.8 Å². The normalized spacial score (nSPS) is 10.5. The van der Waals surface area contributed by atoms with Crippen molar-refractivity contribution in [3.63, 3.8) is 0 Å². The van der Waals surface area contributed by atoms with E-state index in [0.717, 1.165) is 36.6 Å². The van der Waals surface area contributed by atoms with Gasteiger partial charge in [0.25, 0.3) is 0 Å². The lowest BCUT2D eigenvalue weighted by Crippen LogP contribution is -2.11. The highest BCUT2D eigenvalue weighted by molar-refractivity contribution is 7.98. The molecular weight excluding hydrogens is 284 g/mol. The predicted molar refractivity (Wildman–Crippen MR) is 82.6 cm³/mol. The summed E-state index contributed by atoms with van der Waals surface area (Å²) in [6.07, 6.45) is 3.90. The van der Waals surface area contributed by atoms with E-state index in [0.29, 0.717) is 17.7 Å². The molecule has 1 heterocycles. The first-order valence-electron chi connectivity index (χ1n) is 6.31. The van der Waals surface area contributed by atoms with Gasteiger partial charge in [-0.25, -0.2) is 0 Å². The molecule has 0 saturated carbocycles. The van der Waals surface area contributed by atoms with Crippen LogP contribution in [0.2, 0.25) is 5.15 Å². The predicted octanol–water partition coefficient (Wildman–Crippen LogP) is 3.12. The van der Waals surface area contributed by atoms with Crippen LogP contribution in [0.4, 0.5) is 11.8 Å². The molecule has 0 aliphatic carbocycles. The summed E-state index contributed by atoms with van der Waals surface area (Å²) < 4.78 is 4.99. The molecule has 1 aromatic heterocycles. The molecule has 0 atom stereocenters. The lowest BCUT2D eigenvalue weighted by molar-refractivity contribution is 0.197. The van der Waals surface area contributed by atoms with Crippen molar-refractivity contribution in [1.82, 2.24) is 9.97 Å². The van der Waals surface area contributed by atoms with Crippen LogP contribution in [0.1, 0.15) is 19.8 Å². The Morgan fingerprint density at radius 2 is 2.05 bits per heavy atom. The van der Waals surface area contributed by atoms with Crippen LogP contribution < -0.4 is 10.6 Å². The minimum atomic E-state index is 0.482. The number of anilines is 2. The zero-order chi connectivity index (χ0) is 14.1. The molecule has 0 aromatic carbocycles. The van der Waals surface area contributed by atoms with E-state index in [1.54, 1.807) is 18.9 Å². The molecule has 2 N–H and O–H groups in total. The third kappa shape index (κ3) is 5.42. The number of halogens is 1. The van der Waals surface area contributed by atoms with E-state index in [1.165, 1.54) is 0 Å². The number of aromatic nitrogens is 2. The molecule has 0 bridgehead atoms. The summed E-state index contributed by atoms with van der Waals surface area (Å²) in [6, 6.07) is 0. The molecule has 0 aliphatic heterocycles. The Labute approximate surface area is 123 Å². The fourth-order valence-electron chi connectivity index (χ4n) is 1.46. The second-order valence-corrected chi connectivity index (χ2v) is 5.09. The minimum Gasteiger partial charge on any atom is -0.385 e. The highest BCUT2D eigenvalue weighted by Crippen LogP contribution is 2.31. The van der Waals surface area contributed by atoms with E-state index >= 15 is 0 Å². The van der Waals surface area contributed by atoms with Gasteiger partial charge >= 0.3 is 0 Å². The molecule has 0 radical (unpaired) electrons. The third-order valence-electron chi connectivity index (χ3n) is 2.38. The van der Waals surface area contributed by atoms with Crippen LogP contribution in [-0.4, -0.2) is 43.0 Å². The SMILES string of the molecule is CCCNc1nc(NCCCOC)nc(Cl)c1SC. The maximum atomic E-state index is 6.18. The number of thioether (sulfide) groups is 1. The van der Waals surface area contributed by atoms with Gasteiger partial charge in [0.15, 0.2) is 0 Å². The summed E-state index contributed by atoms with van der Waals surface area (Å²) in [4.78, 5) is 9.60. The maximum Gasteiger partial charge on any atom is 0.226 e. The number of ether oxygens (including phenoxy) is 1. The van der Waals surface area contributed by atoms with Crippen LogP contribution in [0.25, 0.3) is 0 Å². The Morgan fingerprint density at radius 1 is 1.26 bits per heavy atom. The first kappa shape index (κ1) is 16.3. The van der Waals surface area contributed by atoms with Crippen molar-refractivity contribution in [2.75, 3.05) is 43.7 Å². The van der Waals surface area contributed by atoms with E-state index < -0.39 is 0 Å². The van der Waals surface area contributed by atoms with Gasteiger partial charge in [0.2, 0.25) is 5.95 Å². The molecule has 7 heteroatoms. The van der Waals surface area contributed by atoms with Gasteiger partial charge in [0.1, 0.15) is 11.0 Å². The van der Waals surface area contributed by atoms with E-state index in [1.807, 2.05) is 6.26 Å². The molecule has 5 nitrogen and oxygen atoms in total. The number of methoxy groups -OCH3 is 1. The Kier molecular flexibility index (Phi) is 7.93. The Balaban J connectivity index is 2.74. The zero-order valence-electron chi connectivity index (χ0n) is 11.6. The van der Waals surface area contributed by atoms with Gasteiger partial charge in [-0.2, -0.15) is 9.97 Å². The van der Waals surface area contributed by atoms with E-state index in [-0.39, 0.29) is 0 Å². The molecular formula is C12H21ClN4OS. The van der Waals surface area contributed by atoms with Crippen molar-refractivity contribution in [3.8, 4) is 0 Å². The van der Waals surface area contributed by atoms with E-state index in [9.17, 15) is 0 Å². The number of hydrogen-bond donors (Lipinski definition) is 2. The molecule has 1 rings (SSSR count). The Morgan fingerprint density at radius 3 is 2.68 bits per heavy atom. The first-order valence-corrected chi connectivity index (χ1v) is 7.91. The van der Waals surface area contributed by atoms with Crippen molar-refractivity contribution in [2.24, 2.45) is 0 Å². The van der Waals surface area contributed by atoms with Crippen molar-refractivity contribution in [1.29, 1.82) is 0 Å². The zero-order valence-corrected chi connectivity index (χ0v) is 13.2. The van der Waals surface area contributed by atoms with Gasteiger partial charge in [-0.3, -0.25) is 0 Å². The molecule has 0 amide bonds. The first-order chi connectivity index (χ1) is 9.22. The lowest BCUT2D eigenvalue weighted by atomic mass is 10.4. The third-order valence-corrected chi connectivity index (χ3v) is 3.56.